The summed E-state index contributed by atoms with van der Waals surface area (Å²) in [6.07, 6.45) is 8.73. The zero-order chi connectivity index (χ0) is 8.44. The monoisotopic (exact) mass is 169 g/mol. The van der Waals surface area contributed by atoms with Crippen molar-refractivity contribution < 1.29 is 4.74 Å². The van der Waals surface area contributed by atoms with Crippen LogP contribution in [-0.2, 0) is 4.74 Å². The van der Waals surface area contributed by atoms with Gasteiger partial charge >= 0.3 is 0 Å². The summed E-state index contributed by atoms with van der Waals surface area (Å²) in [4.78, 5) is 0. The molecule has 2 N–H and O–H groups in total. The predicted molar refractivity (Wildman–Crippen MR) is 49.0 cm³/mol. The summed E-state index contributed by atoms with van der Waals surface area (Å²) in [5.74, 6) is 0. The molecule has 2 atom stereocenters. The summed E-state index contributed by atoms with van der Waals surface area (Å²) >= 11 is 0. The van der Waals surface area contributed by atoms with Gasteiger partial charge in [-0.1, -0.05) is 12.8 Å². The van der Waals surface area contributed by atoms with E-state index in [1.54, 1.807) is 0 Å². The fraction of sp³-hybridized carbons (Fsp3) is 1.00. The lowest BCUT2D eigenvalue weighted by Crippen LogP contribution is -2.53. The van der Waals surface area contributed by atoms with Gasteiger partial charge in [0.2, 0.25) is 0 Å². The van der Waals surface area contributed by atoms with Crippen molar-refractivity contribution in [1.29, 1.82) is 0 Å². The highest BCUT2D eigenvalue weighted by molar-refractivity contribution is 4.95. The molecular formula is C10H19NO. The summed E-state index contributed by atoms with van der Waals surface area (Å²) in [5.41, 5.74) is 6.21. The summed E-state index contributed by atoms with van der Waals surface area (Å²) in [6.45, 7) is 0.938. The maximum absolute atomic E-state index is 6.12. The molecular weight excluding hydrogens is 150 g/mol. The molecule has 0 aromatic heterocycles. The Hall–Kier alpha value is -0.0800. The Bertz CT molecular complexity index is 144. The first-order chi connectivity index (χ1) is 5.83. The molecule has 2 fully saturated rings. The van der Waals surface area contributed by atoms with Gasteiger partial charge in [-0.3, -0.25) is 0 Å². The van der Waals surface area contributed by atoms with Crippen LogP contribution in [0.4, 0.5) is 0 Å². The smallest absolute Gasteiger partial charge is 0.0832 e. The molecule has 2 unspecified atom stereocenters. The predicted octanol–water partition coefficient (Wildman–Crippen LogP) is 1.83. The van der Waals surface area contributed by atoms with Crippen molar-refractivity contribution >= 4 is 0 Å². The highest BCUT2D eigenvalue weighted by Gasteiger charge is 2.40. The molecule has 1 aliphatic heterocycles. The summed E-state index contributed by atoms with van der Waals surface area (Å²) in [6, 6.07) is 0.312. The lowest BCUT2D eigenvalue weighted by molar-refractivity contribution is -0.111. The van der Waals surface area contributed by atoms with Crippen molar-refractivity contribution in [1.82, 2.24) is 0 Å². The fourth-order valence-electron chi connectivity index (χ4n) is 2.60. The fourth-order valence-corrected chi connectivity index (χ4v) is 2.60. The first kappa shape index (κ1) is 8.52. The van der Waals surface area contributed by atoms with Crippen LogP contribution >= 0.6 is 0 Å². The molecule has 12 heavy (non-hydrogen) atoms. The van der Waals surface area contributed by atoms with Crippen LogP contribution in [0, 0.1) is 0 Å². The van der Waals surface area contributed by atoms with E-state index in [4.69, 9.17) is 10.5 Å². The normalized spacial score (nSPS) is 43.2. The van der Waals surface area contributed by atoms with Crippen molar-refractivity contribution in [3.05, 3.63) is 0 Å². The van der Waals surface area contributed by atoms with Crippen molar-refractivity contribution in [2.75, 3.05) is 6.61 Å². The summed E-state index contributed by atoms with van der Waals surface area (Å²) in [7, 11) is 0. The largest absolute Gasteiger partial charge is 0.373 e. The van der Waals surface area contributed by atoms with Crippen LogP contribution in [-0.4, -0.2) is 18.2 Å². The average molecular weight is 169 g/mol. The van der Waals surface area contributed by atoms with Crippen LogP contribution < -0.4 is 5.73 Å². The van der Waals surface area contributed by atoms with Crippen LogP contribution in [0.3, 0.4) is 0 Å². The van der Waals surface area contributed by atoms with E-state index in [0.717, 1.165) is 6.61 Å². The molecule has 1 saturated heterocycles. The second-order valence-corrected chi connectivity index (χ2v) is 4.22. The lowest BCUT2D eigenvalue weighted by atomic mass is 9.76. The van der Waals surface area contributed by atoms with Gasteiger partial charge in [0.05, 0.1) is 5.60 Å². The number of hydrogen-bond donors (Lipinski definition) is 1. The van der Waals surface area contributed by atoms with Crippen molar-refractivity contribution in [2.45, 2.75) is 56.6 Å². The van der Waals surface area contributed by atoms with Gasteiger partial charge in [-0.05, 0) is 32.1 Å². The molecule has 1 spiro atoms. The number of nitrogens with two attached hydrogens (primary N) is 1. The molecule has 2 nitrogen and oxygen atoms in total. The molecule has 70 valence electrons. The molecule has 1 aliphatic carbocycles. The minimum atomic E-state index is 0.0938. The van der Waals surface area contributed by atoms with Gasteiger partial charge in [0.25, 0.3) is 0 Å². The third kappa shape index (κ3) is 1.38. The highest BCUT2D eigenvalue weighted by atomic mass is 16.5. The van der Waals surface area contributed by atoms with Gasteiger partial charge in [0.15, 0.2) is 0 Å². The van der Waals surface area contributed by atoms with Crippen LogP contribution in [0.5, 0.6) is 0 Å². The third-order valence-corrected chi connectivity index (χ3v) is 3.42. The van der Waals surface area contributed by atoms with Crippen LogP contribution in [0.2, 0.25) is 0 Å². The molecule has 2 heteroatoms. The molecule has 0 aromatic carbocycles. The minimum Gasteiger partial charge on any atom is -0.373 e. The maximum atomic E-state index is 6.12. The Labute approximate surface area is 74.5 Å². The maximum Gasteiger partial charge on any atom is 0.0832 e. The second kappa shape index (κ2) is 3.35. The van der Waals surface area contributed by atoms with Gasteiger partial charge < -0.3 is 10.5 Å². The van der Waals surface area contributed by atoms with Gasteiger partial charge in [-0.15, -0.1) is 0 Å². The first-order valence-corrected chi connectivity index (χ1v) is 5.23. The first-order valence-electron chi connectivity index (χ1n) is 5.23. The van der Waals surface area contributed by atoms with Crippen LogP contribution in [0.15, 0.2) is 0 Å². The molecule has 1 saturated carbocycles. The van der Waals surface area contributed by atoms with Gasteiger partial charge in [0, 0.05) is 12.6 Å². The number of ether oxygens (including phenoxy) is 1. The molecule has 2 rings (SSSR count). The standard InChI is InChI=1S/C10H19NO/c11-9-5-1-2-6-10(9)7-3-4-8-12-10/h9H,1-8,11H2. The topological polar surface area (TPSA) is 35.2 Å². The Morgan fingerprint density at radius 3 is 2.50 bits per heavy atom. The molecule has 0 radical (unpaired) electrons. The zero-order valence-corrected chi connectivity index (χ0v) is 7.72. The highest BCUT2D eigenvalue weighted by Crippen LogP contribution is 2.37. The number of rotatable bonds is 0. The Kier molecular flexibility index (Phi) is 2.37. The van der Waals surface area contributed by atoms with Crippen molar-refractivity contribution in [3.63, 3.8) is 0 Å². The van der Waals surface area contributed by atoms with Crippen molar-refractivity contribution in [2.24, 2.45) is 5.73 Å². The molecule has 1 heterocycles. The Balaban J connectivity index is 2.04. The SMILES string of the molecule is NC1CCCCC12CCCCO2. The second-order valence-electron chi connectivity index (χ2n) is 4.22. The van der Waals surface area contributed by atoms with E-state index in [1.807, 2.05) is 0 Å². The molecule has 0 amide bonds. The van der Waals surface area contributed by atoms with E-state index < -0.39 is 0 Å². The molecule has 2 aliphatic rings. The van der Waals surface area contributed by atoms with Gasteiger partial charge in [0.1, 0.15) is 0 Å². The minimum absolute atomic E-state index is 0.0938. The molecule has 0 bridgehead atoms. The van der Waals surface area contributed by atoms with Crippen LogP contribution in [0.1, 0.15) is 44.9 Å². The molecule has 0 aromatic rings. The van der Waals surface area contributed by atoms with E-state index in [0.29, 0.717) is 6.04 Å². The van der Waals surface area contributed by atoms with E-state index in [-0.39, 0.29) is 5.60 Å². The average Bonchev–Trinajstić information content (AvgIpc) is 2.12. The Morgan fingerprint density at radius 1 is 1.08 bits per heavy atom. The Morgan fingerprint density at radius 2 is 1.83 bits per heavy atom. The van der Waals surface area contributed by atoms with Gasteiger partial charge in [-0.25, -0.2) is 0 Å². The van der Waals surface area contributed by atoms with Gasteiger partial charge in [-0.2, -0.15) is 0 Å². The third-order valence-electron chi connectivity index (χ3n) is 3.42. The van der Waals surface area contributed by atoms with E-state index in [9.17, 15) is 0 Å². The lowest BCUT2D eigenvalue weighted by Gasteiger charge is -2.44. The zero-order valence-electron chi connectivity index (χ0n) is 7.72. The van der Waals surface area contributed by atoms with Crippen LogP contribution in [0.25, 0.3) is 0 Å². The summed E-state index contributed by atoms with van der Waals surface area (Å²) < 4.78 is 5.89. The summed E-state index contributed by atoms with van der Waals surface area (Å²) in [5, 5.41) is 0. The van der Waals surface area contributed by atoms with Crippen molar-refractivity contribution in [3.8, 4) is 0 Å². The number of hydrogen-bond acceptors (Lipinski definition) is 2. The quantitative estimate of drug-likeness (QED) is 0.600. The van der Waals surface area contributed by atoms with E-state index in [2.05, 4.69) is 0 Å². The van der Waals surface area contributed by atoms with E-state index in [1.165, 1.54) is 44.9 Å². The van der Waals surface area contributed by atoms with E-state index >= 15 is 0 Å².